The quantitative estimate of drug-likeness (QED) is 0.766. The standard InChI is InChI=1S/C22H23N3O/c26-22(25-13-1-2-14-25)18-10-8-17(9-11-18)15-23-16-19-5-3-7-21-20(19)6-4-12-24-21/h3-12,23H,1-2,13-16H2. The summed E-state index contributed by atoms with van der Waals surface area (Å²) < 4.78 is 0. The van der Waals surface area contributed by atoms with Gasteiger partial charge in [-0.25, -0.2) is 0 Å². The van der Waals surface area contributed by atoms with Crippen LogP contribution in [-0.4, -0.2) is 28.9 Å². The summed E-state index contributed by atoms with van der Waals surface area (Å²) in [4.78, 5) is 18.7. The van der Waals surface area contributed by atoms with Crippen LogP contribution in [-0.2, 0) is 13.1 Å². The molecule has 26 heavy (non-hydrogen) atoms. The monoisotopic (exact) mass is 345 g/mol. The molecule has 0 aliphatic carbocycles. The van der Waals surface area contributed by atoms with E-state index in [0.29, 0.717) is 0 Å². The Morgan fingerprint density at radius 3 is 2.58 bits per heavy atom. The van der Waals surface area contributed by atoms with Crippen molar-refractivity contribution in [1.82, 2.24) is 15.2 Å². The van der Waals surface area contributed by atoms with E-state index < -0.39 is 0 Å². The van der Waals surface area contributed by atoms with Crippen LogP contribution >= 0.6 is 0 Å². The van der Waals surface area contributed by atoms with Crippen molar-refractivity contribution in [3.05, 3.63) is 77.5 Å². The van der Waals surface area contributed by atoms with Gasteiger partial charge in [-0.2, -0.15) is 0 Å². The van der Waals surface area contributed by atoms with E-state index >= 15 is 0 Å². The van der Waals surface area contributed by atoms with Gasteiger partial charge in [0.25, 0.3) is 5.91 Å². The molecular formula is C22H23N3O. The Labute approximate surface area is 153 Å². The molecule has 1 fully saturated rings. The average Bonchev–Trinajstić information content (AvgIpc) is 3.23. The second kappa shape index (κ2) is 7.67. The van der Waals surface area contributed by atoms with Gasteiger partial charge in [0.2, 0.25) is 0 Å². The molecule has 1 saturated heterocycles. The molecule has 1 N–H and O–H groups in total. The molecule has 4 rings (SSSR count). The van der Waals surface area contributed by atoms with Crippen LogP contribution in [0.3, 0.4) is 0 Å². The van der Waals surface area contributed by atoms with Gasteiger partial charge in [-0.3, -0.25) is 9.78 Å². The molecule has 1 aliphatic heterocycles. The molecule has 2 aromatic carbocycles. The van der Waals surface area contributed by atoms with Crippen molar-refractivity contribution in [3.8, 4) is 0 Å². The SMILES string of the molecule is O=C(c1ccc(CNCc2cccc3ncccc23)cc1)N1CCCC1. The third kappa shape index (κ3) is 3.60. The molecule has 0 bridgehead atoms. The van der Waals surface area contributed by atoms with Crippen LogP contribution in [0.15, 0.2) is 60.8 Å². The fourth-order valence-corrected chi connectivity index (χ4v) is 3.53. The maximum Gasteiger partial charge on any atom is 0.253 e. The Morgan fingerprint density at radius 2 is 1.77 bits per heavy atom. The first-order valence-corrected chi connectivity index (χ1v) is 9.23. The fourth-order valence-electron chi connectivity index (χ4n) is 3.53. The first-order chi connectivity index (χ1) is 12.8. The predicted molar refractivity (Wildman–Crippen MR) is 104 cm³/mol. The average molecular weight is 345 g/mol. The Morgan fingerprint density at radius 1 is 0.962 bits per heavy atom. The molecule has 0 unspecified atom stereocenters. The van der Waals surface area contributed by atoms with E-state index in [1.807, 2.05) is 53.6 Å². The zero-order valence-electron chi connectivity index (χ0n) is 14.8. The van der Waals surface area contributed by atoms with Crippen LogP contribution < -0.4 is 5.32 Å². The molecule has 0 radical (unpaired) electrons. The number of rotatable bonds is 5. The highest BCUT2D eigenvalue weighted by atomic mass is 16.2. The third-order valence-corrected chi connectivity index (χ3v) is 4.97. The number of nitrogens with zero attached hydrogens (tertiary/aromatic N) is 2. The molecule has 1 aromatic heterocycles. The van der Waals surface area contributed by atoms with Gasteiger partial charge in [0.05, 0.1) is 5.52 Å². The number of aromatic nitrogens is 1. The number of carbonyl (C=O) groups excluding carboxylic acids is 1. The van der Waals surface area contributed by atoms with Gasteiger partial charge in [-0.05, 0) is 48.2 Å². The first kappa shape index (κ1) is 16.7. The van der Waals surface area contributed by atoms with Crippen LogP contribution in [0, 0.1) is 0 Å². The Kier molecular flexibility index (Phi) is 4.93. The molecule has 2 heterocycles. The molecule has 0 atom stereocenters. The lowest BCUT2D eigenvalue weighted by molar-refractivity contribution is 0.0793. The van der Waals surface area contributed by atoms with Crippen LogP contribution in [0.25, 0.3) is 10.9 Å². The van der Waals surface area contributed by atoms with Gasteiger partial charge < -0.3 is 10.2 Å². The Balaban J connectivity index is 1.36. The number of carbonyl (C=O) groups is 1. The summed E-state index contributed by atoms with van der Waals surface area (Å²) in [5.41, 5.74) is 4.24. The number of likely N-dealkylation sites (tertiary alicyclic amines) is 1. The lowest BCUT2D eigenvalue weighted by atomic mass is 10.1. The number of nitrogens with one attached hydrogen (secondary N) is 1. The van der Waals surface area contributed by atoms with E-state index in [0.717, 1.165) is 50.1 Å². The van der Waals surface area contributed by atoms with Crippen LogP contribution in [0.2, 0.25) is 0 Å². The lowest BCUT2D eigenvalue weighted by Crippen LogP contribution is -2.27. The van der Waals surface area contributed by atoms with E-state index in [1.54, 1.807) is 0 Å². The summed E-state index contributed by atoms with van der Waals surface area (Å²) in [5, 5.41) is 4.68. The van der Waals surface area contributed by atoms with E-state index in [1.165, 1.54) is 16.5 Å². The van der Waals surface area contributed by atoms with Crippen molar-refractivity contribution in [2.45, 2.75) is 25.9 Å². The van der Waals surface area contributed by atoms with Crippen molar-refractivity contribution in [3.63, 3.8) is 0 Å². The second-order valence-corrected chi connectivity index (χ2v) is 6.79. The number of amides is 1. The maximum absolute atomic E-state index is 12.4. The van der Waals surface area contributed by atoms with Gasteiger partial charge >= 0.3 is 0 Å². The molecule has 0 saturated carbocycles. The summed E-state index contributed by atoms with van der Waals surface area (Å²) in [7, 11) is 0. The topological polar surface area (TPSA) is 45.2 Å². The number of pyridine rings is 1. The minimum atomic E-state index is 0.158. The minimum Gasteiger partial charge on any atom is -0.339 e. The number of benzene rings is 2. The van der Waals surface area contributed by atoms with Gasteiger partial charge in [-0.1, -0.05) is 30.3 Å². The van der Waals surface area contributed by atoms with E-state index in [-0.39, 0.29) is 5.91 Å². The van der Waals surface area contributed by atoms with Gasteiger partial charge in [0, 0.05) is 43.3 Å². The number of fused-ring (bicyclic) bond motifs is 1. The summed E-state index contributed by atoms with van der Waals surface area (Å²) in [6, 6.07) is 18.3. The Hall–Kier alpha value is -2.72. The zero-order valence-corrected chi connectivity index (χ0v) is 14.8. The zero-order chi connectivity index (χ0) is 17.8. The van der Waals surface area contributed by atoms with E-state index in [9.17, 15) is 4.79 Å². The van der Waals surface area contributed by atoms with Crippen molar-refractivity contribution < 1.29 is 4.79 Å². The van der Waals surface area contributed by atoms with Crippen LogP contribution in [0.4, 0.5) is 0 Å². The highest BCUT2D eigenvalue weighted by Crippen LogP contribution is 2.17. The summed E-state index contributed by atoms with van der Waals surface area (Å²) in [5.74, 6) is 0.158. The Bertz CT molecular complexity index is 893. The molecule has 4 nitrogen and oxygen atoms in total. The molecule has 1 aliphatic rings. The summed E-state index contributed by atoms with van der Waals surface area (Å²) in [6.45, 7) is 3.34. The number of hydrogen-bond acceptors (Lipinski definition) is 3. The van der Waals surface area contributed by atoms with E-state index in [2.05, 4.69) is 22.4 Å². The summed E-state index contributed by atoms with van der Waals surface area (Å²) >= 11 is 0. The van der Waals surface area contributed by atoms with Gasteiger partial charge in [0.15, 0.2) is 0 Å². The van der Waals surface area contributed by atoms with Gasteiger partial charge in [-0.15, -0.1) is 0 Å². The van der Waals surface area contributed by atoms with Crippen LogP contribution in [0.5, 0.6) is 0 Å². The maximum atomic E-state index is 12.4. The molecule has 3 aromatic rings. The molecule has 132 valence electrons. The molecule has 1 amide bonds. The highest BCUT2D eigenvalue weighted by molar-refractivity contribution is 5.94. The molecule has 0 spiro atoms. The predicted octanol–water partition coefficient (Wildman–Crippen LogP) is 3.76. The van der Waals surface area contributed by atoms with Crippen molar-refractivity contribution in [2.24, 2.45) is 0 Å². The highest BCUT2D eigenvalue weighted by Gasteiger charge is 2.19. The fraction of sp³-hybridized carbons (Fsp3) is 0.273. The lowest BCUT2D eigenvalue weighted by Gasteiger charge is -2.15. The minimum absolute atomic E-state index is 0.158. The molecular weight excluding hydrogens is 322 g/mol. The normalized spacial score (nSPS) is 14.1. The summed E-state index contributed by atoms with van der Waals surface area (Å²) in [6.07, 6.45) is 4.07. The second-order valence-electron chi connectivity index (χ2n) is 6.79. The smallest absolute Gasteiger partial charge is 0.253 e. The van der Waals surface area contributed by atoms with Crippen LogP contribution in [0.1, 0.15) is 34.3 Å². The van der Waals surface area contributed by atoms with Gasteiger partial charge in [0.1, 0.15) is 0 Å². The third-order valence-electron chi connectivity index (χ3n) is 4.97. The van der Waals surface area contributed by atoms with E-state index in [4.69, 9.17) is 0 Å². The van der Waals surface area contributed by atoms with Crippen molar-refractivity contribution in [2.75, 3.05) is 13.1 Å². The number of hydrogen-bond donors (Lipinski definition) is 1. The largest absolute Gasteiger partial charge is 0.339 e. The van der Waals surface area contributed by atoms with Crippen molar-refractivity contribution in [1.29, 1.82) is 0 Å². The van der Waals surface area contributed by atoms with Crippen molar-refractivity contribution >= 4 is 16.8 Å². The first-order valence-electron chi connectivity index (χ1n) is 9.23. The molecule has 4 heteroatoms.